The second-order valence-electron chi connectivity index (χ2n) is 3.39. The van der Waals surface area contributed by atoms with Crippen LogP contribution in [0.4, 0.5) is 5.69 Å². The summed E-state index contributed by atoms with van der Waals surface area (Å²) in [6, 6.07) is 4.91. The minimum Gasteiger partial charge on any atom is -0.303 e. The summed E-state index contributed by atoms with van der Waals surface area (Å²) >= 11 is 0. The van der Waals surface area contributed by atoms with Crippen LogP contribution < -0.4 is 0 Å². The number of aryl methyl sites for hydroxylation is 1. The Hall–Kier alpha value is -1.71. The molecule has 15 heavy (non-hydrogen) atoms. The molecule has 1 aromatic rings. The van der Waals surface area contributed by atoms with E-state index in [2.05, 4.69) is 0 Å². The van der Waals surface area contributed by atoms with Crippen LogP contribution in [0.1, 0.15) is 30.9 Å². The third-order valence-corrected chi connectivity index (χ3v) is 2.41. The lowest BCUT2D eigenvalue weighted by Gasteiger charge is -2.10. The number of benzene rings is 1. The van der Waals surface area contributed by atoms with Gasteiger partial charge in [0.2, 0.25) is 0 Å². The van der Waals surface area contributed by atoms with Crippen LogP contribution in [0.25, 0.3) is 0 Å². The number of carbonyl (C=O) groups excluding carboxylic acids is 1. The first kappa shape index (κ1) is 11.4. The number of nitro benzene ring substituents is 1. The Bertz CT molecular complexity index is 387. The summed E-state index contributed by atoms with van der Waals surface area (Å²) in [5, 5.41) is 10.8. The number of rotatable bonds is 4. The third kappa shape index (κ3) is 2.21. The molecule has 1 rings (SSSR count). The summed E-state index contributed by atoms with van der Waals surface area (Å²) in [4.78, 5) is 21.1. The Morgan fingerprint density at radius 3 is 2.67 bits per heavy atom. The van der Waals surface area contributed by atoms with Gasteiger partial charge < -0.3 is 4.79 Å². The van der Waals surface area contributed by atoms with Gasteiger partial charge in [-0.25, -0.2) is 0 Å². The van der Waals surface area contributed by atoms with Gasteiger partial charge in [-0.2, -0.15) is 0 Å². The Kier molecular flexibility index (Phi) is 3.55. The fourth-order valence-corrected chi connectivity index (χ4v) is 1.66. The molecule has 4 nitrogen and oxygen atoms in total. The normalized spacial score (nSPS) is 12.1. The maximum atomic E-state index is 10.8. The molecule has 0 heterocycles. The van der Waals surface area contributed by atoms with Crippen molar-refractivity contribution in [3.63, 3.8) is 0 Å². The van der Waals surface area contributed by atoms with E-state index in [1.807, 2.05) is 13.0 Å². The van der Waals surface area contributed by atoms with Gasteiger partial charge in [0.1, 0.15) is 6.29 Å². The van der Waals surface area contributed by atoms with E-state index in [0.29, 0.717) is 12.0 Å². The van der Waals surface area contributed by atoms with Gasteiger partial charge in [-0.1, -0.05) is 26.0 Å². The molecule has 0 spiro atoms. The molecule has 0 bridgehead atoms. The average molecular weight is 207 g/mol. The zero-order valence-electron chi connectivity index (χ0n) is 8.77. The number of carbonyl (C=O) groups is 1. The molecule has 4 heteroatoms. The first-order chi connectivity index (χ1) is 7.11. The highest BCUT2D eigenvalue weighted by Crippen LogP contribution is 2.29. The van der Waals surface area contributed by atoms with Gasteiger partial charge in [-0.15, -0.1) is 0 Å². The van der Waals surface area contributed by atoms with Gasteiger partial charge in [0.15, 0.2) is 0 Å². The van der Waals surface area contributed by atoms with Gasteiger partial charge in [0.25, 0.3) is 5.69 Å². The summed E-state index contributed by atoms with van der Waals surface area (Å²) in [7, 11) is 0. The molecule has 0 aliphatic carbocycles. The molecule has 0 N–H and O–H groups in total. The van der Waals surface area contributed by atoms with E-state index < -0.39 is 10.8 Å². The predicted molar refractivity (Wildman–Crippen MR) is 57.0 cm³/mol. The molecule has 0 saturated heterocycles. The number of nitro groups is 1. The van der Waals surface area contributed by atoms with E-state index >= 15 is 0 Å². The molecule has 80 valence electrons. The third-order valence-electron chi connectivity index (χ3n) is 2.41. The Morgan fingerprint density at radius 2 is 2.20 bits per heavy atom. The number of hydrogen-bond donors (Lipinski definition) is 0. The zero-order chi connectivity index (χ0) is 11.4. The number of nitrogens with zero attached hydrogens (tertiary/aromatic N) is 1. The zero-order valence-corrected chi connectivity index (χ0v) is 8.77. The van der Waals surface area contributed by atoms with Crippen LogP contribution in [0.2, 0.25) is 0 Å². The molecule has 1 unspecified atom stereocenters. The van der Waals surface area contributed by atoms with Crippen LogP contribution in [0.15, 0.2) is 18.2 Å². The van der Waals surface area contributed by atoms with Crippen molar-refractivity contribution in [3.05, 3.63) is 39.4 Å². The van der Waals surface area contributed by atoms with Crippen molar-refractivity contribution in [2.75, 3.05) is 0 Å². The van der Waals surface area contributed by atoms with E-state index in [1.54, 1.807) is 13.0 Å². The lowest BCUT2D eigenvalue weighted by Crippen LogP contribution is -2.04. The smallest absolute Gasteiger partial charge is 0.273 e. The Morgan fingerprint density at radius 1 is 1.53 bits per heavy atom. The van der Waals surface area contributed by atoms with Gasteiger partial charge in [-0.05, 0) is 12.0 Å². The van der Waals surface area contributed by atoms with Crippen molar-refractivity contribution in [1.29, 1.82) is 0 Å². The van der Waals surface area contributed by atoms with Crippen molar-refractivity contribution in [3.8, 4) is 0 Å². The highest BCUT2D eigenvalue weighted by Gasteiger charge is 2.21. The Labute approximate surface area is 88.1 Å². The second kappa shape index (κ2) is 4.68. The second-order valence-corrected chi connectivity index (χ2v) is 3.39. The maximum absolute atomic E-state index is 10.8. The lowest BCUT2D eigenvalue weighted by molar-refractivity contribution is -0.385. The highest BCUT2D eigenvalue weighted by atomic mass is 16.6. The average Bonchev–Trinajstić information content (AvgIpc) is 2.26. The van der Waals surface area contributed by atoms with Gasteiger partial charge in [-0.3, -0.25) is 10.1 Å². The molecule has 0 saturated carbocycles. The molecular weight excluding hydrogens is 194 g/mol. The van der Waals surface area contributed by atoms with Crippen molar-refractivity contribution in [1.82, 2.24) is 0 Å². The van der Waals surface area contributed by atoms with Crippen LogP contribution in [0, 0.1) is 10.1 Å². The molecule has 0 aliphatic heterocycles. The summed E-state index contributed by atoms with van der Waals surface area (Å²) in [6.45, 7) is 3.59. The summed E-state index contributed by atoms with van der Waals surface area (Å²) in [5.41, 5.74) is 1.44. The molecule has 1 aromatic carbocycles. The van der Waals surface area contributed by atoms with Crippen LogP contribution >= 0.6 is 0 Å². The molecule has 1 atom stereocenters. The van der Waals surface area contributed by atoms with Gasteiger partial charge in [0.05, 0.1) is 4.92 Å². The van der Waals surface area contributed by atoms with Crippen molar-refractivity contribution < 1.29 is 9.72 Å². The van der Waals surface area contributed by atoms with Crippen LogP contribution in [-0.4, -0.2) is 11.2 Å². The van der Waals surface area contributed by atoms with Crippen molar-refractivity contribution in [2.45, 2.75) is 26.2 Å². The molecule has 0 amide bonds. The maximum Gasteiger partial charge on any atom is 0.273 e. The lowest BCUT2D eigenvalue weighted by atomic mass is 9.93. The first-order valence-corrected chi connectivity index (χ1v) is 4.83. The van der Waals surface area contributed by atoms with Gasteiger partial charge in [0, 0.05) is 17.5 Å². The van der Waals surface area contributed by atoms with E-state index in [9.17, 15) is 14.9 Å². The summed E-state index contributed by atoms with van der Waals surface area (Å²) < 4.78 is 0. The quantitative estimate of drug-likeness (QED) is 0.433. The molecule has 0 fully saturated rings. The van der Waals surface area contributed by atoms with E-state index in [4.69, 9.17) is 0 Å². The van der Waals surface area contributed by atoms with Gasteiger partial charge >= 0.3 is 0 Å². The van der Waals surface area contributed by atoms with E-state index in [-0.39, 0.29) is 5.69 Å². The topological polar surface area (TPSA) is 60.2 Å². The first-order valence-electron chi connectivity index (χ1n) is 4.83. The molecule has 0 radical (unpaired) electrons. The fourth-order valence-electron chi connectivity index (χ4n) is 1.66. The van der Waals surface area contributed by atoms with Crippen LogP contribution in [0.3, 0.4) is 0 Å². The Balaban J connectivity index is 3.39. The molecule has 0 aromatic heterocycles. The van der Waals surface area contributed by atoms with Crippen molar-refractivity contribution in [2.24, 2.45) is 0 Å². The van der Waals surface area contributed by atoms with E-state index in [1.165, 1.54) is 6.07 Å². The largest absolute Gasteiger partial charge is 0.303 e. The minimum atomic E-state index is -0.436. The highest BCUT2D eigenvalue weighted by molar-refractivity contribution is 5.66. The standard InChI is InChI=1S/C11H13NO3/c1-3-9-5-4-6-10(12(14)15)11(9)8(2)7-13/h4-8H,3H2,1-2H3. The predicted octanol–water partition coefficient (Wildman–Crippen LogP) is 2.46. The van der Waals surface area contributed by atoms with Crippen LogP contribution in [-0.2, 0) is 11.2 Å². The minimum absolute atomic E-state index is 0.0361. The molecule has 0 aliphatic rings. The summed E-state index contributed by atoms with van der Waals surface area (Å²) in [6.07, 6.45) is 1.43. The fraction of sp³-hybridized carbons (Fsp3) is 0.364. The summed E-state index contributed by atoms with van der Waals surface area (Å²) in [5.74, 6) is -0.429. The number of aldehydes is 1. The van der Waals surface area contributed by atoms with E-state index in [0.717, 1.165) is 11.8 Å². The van der Waals surface area contributed by atoms with Crippen molar-refractivity contribution >= 4 is 12.0 Å². The van der Waals surface area contributed by atoms with Crippen LogP contribution in [0.5, 0.6) is 0 Å². The molecular formula is C11H13NO3. The monoisotopic (exact) mass is 207 g/mol. The number of hydrogen-bond acceptors (Lipinski definition) is 3. The SMILES string of the molecule is CCc1cccc([N+](=O)[O-])c1C(C)C=O.